The molecule has 0 unspecified atom stereocenters. The molecule has 1 heterocycles. The molecule has 286 valence electrons. The van der Waals surface area contributed by atoms with Crippen LogP contribution in [-0.4, -0.2) is 4.57 Å². The fraction of sp³-hybridized carbons (Fsp3) is 0.185. The van der Waals surface area contributed by atoms with E-state index in [1.54, 1.807) is 0 Å². The van der Waals surface area contributed by atoms with E-state index in [1.807, 2.05) is 45.1 Å². The molecule has 0 amide bonds. The second-order valence-electron chi connectivity index (χ2n) is 13.2. The first-order valence-corrected chi connectivity index (χ1v) is 20.2. The van der Waals surface area contributed by atoms with E-state index < -0.39 is 0 Å². The highest BCUT2D eigenvalue weighted by Crippen LogP contribution is 2.39. The van der Waals surface area contributed by atoms with E-state index in [0.717, 1.165) is 42.0 Å². The van der Waals surface area contributed by atoms with Crippen LogP contribution in [0, 0.1) is 13.8 Å². The van der Waals surface area contributed by atoms with E-state index in [9.17, 15) is 0 Å². The fourth-order valence-electron chi connectivity index (χ4n) is 6.26. The smallest absolute Gasteiger partial charge is 0.0566 e. The molecule has 0 atom stereocenters. The molecule has 0 saturated heterocycles. The molecule has 0 fully saturated rings. The van der Waals surface area contributed by atoms with Crippen molar-refractivity contribution in [2.24, 2.45) is 0 Å². The van der Waals surface area contributed by atoms with Crippen LogP contribution in [0.15, 0.2) is 200 Å². The molecule has 0 N–H and O–H groups in total. The molecule has 0 bridgehead atoms. The van der Waals surface area contributed by atoms with Crippen molar-refractivity contribution in [3.8, 4) is 28.2 Å². The number of hydrogen-bond donors (Lipinski definition) is 0. The largest absolute Gasteiger partial charge is 0.311 e. The van der Waals surface area contributed by atoms with Gasteiger partial charge >= 0.3 is 0 Å². The van der Waals surface area contributed by atoms with Crippen molar-refractivity contribution in [2.45, 2.75) is 67.7 Å². The van der Waals surface area contributed by atoms with Crippen molar-refractivity contribution in [3.63, 3.8) is 0 Å². The Morgan fingerprint density at radius 3 is 1.52 bits per heavy atom. The van der Waals surface area contributed by atoms with Gasteiger partial charge in [0.25, 0.3) is 0 Å². The molecule has 1 aromatic heterocycles. The highest BCUT2D eigenvalue weighted by Gasteiger charge is 2.19. The van der Waals surface area contributed by atoms with Gasteiger partial charge in [-0.3, -0.25) is 0 Å². The number of allylic oxidation sites excluding steroid dienone is 10. The zero-order valence-electron chi connectivity index (χ0n) is 34.6. The van der Waals surface area contributed by atoms with Crippen LogP contribution in [0.4, 0.5) is 17.1 Å². The Hall–Kier alpha value is -6.12. The van der Waals surface area contributed by atoms with Crippen molar-refractivity contribution in [2.75, 3.05) is 4.90 Å². The van der Waals surface area contributed by atoms with Crippen molar-refractivity contribution in [1.82, 2.24) is 4.57 Å². The van der Waals surface area contributed by atoms with Crippen molar-refractivity contribution in [3.05, 3.63) is 217 Å². The van der Waals surface area contributed by atoms with Gasteiger partial charge in [0.15, 0.2) is 0 Å². The number of anilines is 3. The van der Waals surface area contributed by atoms with Gasteiger partial charge in [0.2, 0.25) is 0 Å². The Morgan fingerprint density at radius 2 is 1.05 bits per heavy atom. The van der Waals surface area contributed by atoms with E-state index in [2.05, 4.69) is 213 Å². The third-order valence-electron chi connectivity index (χ3n) is 9.08. The topological polar surface area (TPSA) is 8.17 Å². The summed E-state index contributed by atoms with van der Waals surface area (Å²) in [5.74, 6) is 0. The summed E-state index contributed by atoms with van der Waals surface area (Å²) in [5.41, 5.74) is 13.3. The molecule has 2 heteroatoms. The second kappa shape index (κ2) is 23.6. The Kier molecular flexibility index (Phi) is 18.0. The van der Waals surface area contributed by atoms with Crippen LogP contribution in [-0.2, 0) is 6.42 Å². The number of hydrogen-bond acceptors (Lipinski definition) is 1. The fourth-order valence-corrected chi connectivity index (χ4v) is 6.26. The molecule has 1 aliphatic carbocycles. The lowest BCUT2D eigenvalue weighted by Crippen LogP contribution is -2.10. The third-order valence-corrected chi connectivity index (χ3v) is 9.08. The summed E-state index contributed by atoms with van der Waals surface area (Å²) in [5, 5.41) is 0. The minimum atomic E-state index is 0.962. The molecule has 0 saturated carbocycles. The van der Waals surface area contributed by atoms with Crippen molar-refractivity contribution in [1.29, 1.82) is 0 Å². The summed E-state index contributed by atoms with van der Waals surface area (Å²) in [7, 11) is 0. The SMILES string of the molecule is C/C=C\C=C/CC.C1=CC=CCC=C1.CC.CCc1cc(-c2ccccc2)n(-c2ccc(N(c3ccc(C)cc3)c3ccc(C)cc3)cc2)c1-c1ccccc1. The maximum atomic E-state index is 2.43. The molecule has 0 radical (unpaired) electrons. The summed E-state index contributed by atoms with van der Waals surface area (Å²) in [4.78, 5) is 2.33. The monoisotopic (exact) mass is 736 g/mol. The van der Waals surface area contributed by atoms with Gasteiger partial charge in [-0.15, -0.1) is 0 Å². The lowest BCUT2D eigenvalue weighted by Gasteiger charge is -2.26. The van der Waals surface area contributed by atoms with Gasteiger partial charge in [0.1, 0.15) is 0 Å². The van der Waals surface area contributed by atoms with Gasteiger partial charge in [0, 0.05) is 22.7 Å². The number of benzene rings is 5. The van der Waals surface area contributed by atoms with Crippen LogP contribution >= 0.6 is 0 Å². The number of rotatable bonds is 9. The van der Waals surface area contributed by atoms with Gasteiger partial charge in [0.05, 0.1) is 11.4 Å². The average Bonchev–Trinajstić information content (AvgIpc) is 3.39. The summed E-state index contributed by atoms with van der Waals surface area (Å²) in [6, 6.07) is 50.3. The first kappa shape index (κ1) is 42.6. The molecule has 5 aromatic carbocycles. The summed E-state index contributed by atoms with van der Waals surface area (Å²) >= 11 is 0. The van der Waals surface area contributed by atoms with Gasteiger partial charge in [-0.25, -0.2) is 0 Å². The van der Waals surface area contributed by atoms with Crippen LogP contribution in [0.25, 0.3) is 28.2 Å². The first-order valence-electron chi connectivity index (χ1n) is 20.2. The Balaban J connectivity index is 0.000000365. The van der Waals surface area contributed by atoms with Crippen LogP contribution < -0.4 is 4.90 Å². The van der Waals surface area contributed by atoms with Crippen LogP contribution in [0.2, 0.25) is 0 Å². The number of aryl methyl sites for hydroxylation is 3. The van der Waals surface area contributed by atoms with E-state index in [-0.39, 0.29) is 0 Å². The third kappa shape index (κ3) is 12.2. The lowest BCUT2D eigenvalue weighted by molar-refractivity contribution is 1.07. The molecule has 0 spiro atoms. The van der Waals surface area contributed by atoms with Crippen LogP contribution in [0.3, 0.4) is 0 Å². The predicted molar refractivity (Wildman–Crippen MR) is 248 cm³/mol. The van der Waals surface area contributed by atoms with Crippen LogP contribution in [0.5, 0.6) is 0 Å². The Morgan fingerprint density at radius 1 is 0.571 bits per heavy atom. The maximum Gasteiger partial charge on any atom is 0.0566 e. The molecular weight excluding hydrogens is 677 g/mol. The molecule has 1 aliphatic rings. The van der Waals surface area contributed by atoms with Gasteiger partial charge < -0.3 is 9.47 Å². The number of aromatic nitrogens is 1. The Bertz CT molecular complexity index is 2080. The van der Waals surface area contributed by atoms with E-state index >= 15 is 0 Å². The lowest BCUT2D eigenvalue weighted by atomic mass is 10.1. The van der Waals surface area contributed by atoms with Gasteiger partial charge in [-0.05, 0) is 111 Å². The average molecular weight is 737 g/mol. The molecule has 6 aromatic rings. The van der Waals surface area contributed by atoms with Gasteiger partial charge in [-0.2, -0.15) is 0 Å². The number of nitrogens with zero attached hydrogens (tertiary/aromatic N) is 2. The maximum absolute atomic E-state index is 2.43. The van der Waals surface area contributed by atoms with Gasteiger partial charge in [-0.1, -0.05) is 185 Å². The standard InChI is InChI=1S/C38H34N2.C7H8.C7H12.C2H6/c1-4-30-27-37(31-11-7-5-8-12-31)40(38(30)32-13-9-6-10-14-32)36-25-23-35(24-26-36)39(33-19-15-28(2)16-20-33)34-21-17-29(3)18-22-34;1-2-4-6-7-5-3-1;1-3-5-7-6-4-2;1-2/h5-27H,4H2,1-3H3;1-6H,7H2;3,5-7H,4H2,1-2H3;1-2H3/b;;5-3-,7-6-;. The van der Waals surface area contributed by atoms with E-state index in [4.69, 9.17) is 0 Å². The summed E-state index contributed by atoms with van der Waals surface area (Å²) < 4.78 is 2.43. The summed E-state index contributed by atoms with van der Waals surface area (Å²) in [6.07, 6.45) is 23.8. The Labute approximate surface area is 338 Å². The molecule has 0 aliphatic heterocycles. The molecular formula is C54H60N2. The highest BCUT2D eigenvalue weighted by molar-refractivity contribution is 5.79. The summed E-state index contributed by atoms with van der Waals surface area (Å²) in [6.45, 7) is 14.6. The highest BCUT2D eigenvalue weighted by atomic mass is 15.1. The van der Waals surface area contributed by atoms with Crippen molar-refractivity contribution < 1.29 is 0 Å². The minimum Gasteiger partial charge on any atom is -0.311 e. The van der Waals surface area contributed by atoms with Crippen molar-refractivity contribution >= 4 is 17.1 Å². The van der Waals surface area contributed by atoms with E-state index in [1.165, 1.54) is 39.2 Å². The second-order valence-corrected chi connectivity index (χ2v) is 13.2. The van der Waals surface area contributed by atoms with E-state index in [0.29, 0.717) is 0 Å². The zero-order chi connectivity index (χ0) is 40.0. The first-order chi connectivity index (χ1) is 27.5. The quantitative estimate of drug-likeness (QED) is 0.134. The predicted octanol–water partition coefficient (Wildman–Crippen LogP) is 16.1. The molecule has 7 rings (SSSR count). The zero-order valence-corrected chi connectivity index (χ0v) is 34.6. The normalized spacial score (nSPS) is 11.6. The molecule has 56 heavy (non-hydrogen) atoms. The molecule has 2 nitrogen and oxygen atoms in total. The minimum absolute atomic E-state index is 0.962. The van der Waals surface area contributed by atoms with Crippen LogP contribution in [0.1, 0.15) is 64.2 Å².